The molecule has 1 amide bonds. The monoisotopic (exact) mass is 638 g/mol. The van der Waals surface area contributed by atoms with Gasteiger partial charge in [0.05, 0.1) is 38.8 Å². The Balaban J connectivity index is 1.39. The fourth-order valence-electron chi connectivity index (χ4n) is 4.19. The van der Waals surface area contributed by atoms with Gasteiger partial charge in [-0.1, -0.05) is 12.1 Å². The highest BCUT2D eigenvalue weighted by atomic mass is 32.2. The number of amides is 1. The van der Waals surface area contributed by atoms with Crippen molar-refractivity contribution < 1.29 is 58.1 Å². The number of anilines is 2. The molecule has 14 nitrogen and oxygen atoms in total. The van der Waals surface area contributed by atoms with Crippen LogP contribution in [0, 0.1) is 0 Å². The molecule has 0 fully saturated rings. The number of hydrogen-bond donors (Lipinski definition) is 6. The Kier molecular flexibility index (Phi) is 10.6. The molecule has 4 rings (SSSR count). The van der Waals surface area contributed by atoms with Gasteiger partial charge in [0.1, 0.15) is 13.2 Å². The lowest BCUT2D eigenvalue weighted by Crippen LogP contribution is -2.17. The number of hydrogen-bond acceptors (Lipinski definition) is 11. The summed E-state index contributed by atoms with van der Waals surface area (Å²) in [5, 5.41) is 38.5. The maximum atomic E-state index is 13.2. The van der Waals surface area contributed by atoms with Crippen molar-refractivity contribution in [3.8, 4) is 0 Å². The molecule has 0 saturated carbocycles. The van der Waals surface area contributed by atoms with Crippen LogP contribution < -0.4 is 10.8 Å². The second-order valence-corrected chi connectivity index (χ2v) is 11.4. The summed E-state index contributed by atoms with van der Waals surface area (Å²) >= 11 is 0. The van der Waals surface area contributed by atoms with E-state index in [0.29, 0.717) is 22.4 Å². The van der Waals surface area contributed by atoms with E-state index < -0.39 is 27.7 Å². The van der Waals surface area contributed by atoms with Crippen molar-refractivity contribution in [3.05, 3.63) is 118 Å². The third-order valence-corrected chi connectivity index (χ3v) is 8.25. The van der Waals surface area contributed by atoms with Gasteiger partial charge in [-0.15, -0.1) is 0 Å². The van der Waals surface area contributed by atoms with Gasteiger partial charge in [0.15, 0.2) is 0 Å². The van der Waals surface area contributed by atoms with E-state index in [4.69, 9.17) is 20.5 Å². The lowest BCUT2D eigenvalue weighted by atomic mass is 10.0. The largest absolute Gasteiger partial charge is 0.478 e. The Morgan fingerprint density at radius 3 is 1.84 bits per heavy atom. The molecule has 4 aromatic carbocycles. The Hall–Kier alpha value is -5.16. The molecular weight excluding hydrogens is 612 g/mol. The molecule has 0 spiro atoms. The lowest BCUT2D eigenvalue weighted by Gasteiger charge is -2.12. The van der Waals surface area contributed by atoms with Gasteiger partial charge in [0, 0.05) is 5.69 Å². The van der Waals surface area contributed by atoms with Crippen LogP contribution in [0.1, 0.15) is 47.8 Å². The highest BCUT2D eigenvalue weighted by molar-refractivity contribution is 7.91. The summed E-state index contributed by atoms with van der Waals surface area (Å²) in [5.74, 6) is -3.23. The molecule has 0 atom stereocenters. The molecule has 0 aliphatic heterocycles. The molecule has 4 aromatic rings. The zero-order valence-electron chi connectivity index (χ0n) is 23.2. The van der Waals surface area contributed by atoms with Crippen molar-refractivity contribution in [2.45, 2.75) is 29.6 Å². The van der Waals surface area contributed by atoms with E-state index in [-0.39, 0.29) is 52.0 Å². The van der Waals surface area contributed by atoms with Crippen molar-refractivity contribution in [1.29, 1.82) is 0 Å². The SMILES string of the molecule is O=C(O)c1ccc(CONc2ccc(S(=O)(=O)c3ccc(NC(=O)c4ccc(COO)cc4C(=O)O)cc3)cc2)c(COO)c1. The van der Waals surface area contributed by atoms with E-state index in [2.05, 4.69) is 20.6 Å². The number of benzene rings is 4. The van der Waals surface area contributed by atoms with Crippen LogP contribution in [0.4, 0.5) is 11.4 Å². The normalized spacial score (nSPS) is 11.2. The molecule has 0 heterocycles. The molecule has 0 bridgehead atoms. The van der Waals surface area contributed by atoms with Gasteiger partial charge in [-0.05, 0) is 89.5 Å². The highest BCUT2D eigenvalue weighted by Crippen LogP contribution is 2.25. The third kappa shape index (κ3) is 8.07. The number of carboxylic acids is 2. The summed E-state index contributed by atoms with van der Waals surface area (Å²) in [6.07, 6.45) is 0. The molecular formula is C30H26N2O12S. The second-order valence-electron chi connectivity index (χ2n) is 9.42. The van der Waals surface area contributed by atoms with Crippen LogP contribution >= 0.6 is 0 Å². The van der Waals surface area contributed by atoms with E-state index in [0.717, 1.165) is 0 Å². The number of carbonyl (C=O) groups excluding carboxylic acids is 1. The number of nitrogens with one attached hydrogen (secondary N) is 2. The van der Waals surface area contributed by atoms with Crippen molar-refractivity contribution >= 4 is 39.1 Å². The summed E-state index contributed by atoms with van der Waals surface area (Å²) in [6.45, 7) is -0.536. The highest BCUT2D eigenvalue weighted by Gasteiger charge is 2.20. The maximum Gasteiger partial charge on any atom is 0.336 e. The van der Waals surface area contributed by atoms with E-state index in [1.807, 2.05) is 0 Å². The van der Waals surface area contributed by atoms with Gasteiger partial charge >= 0.3 is 11.9 Å². The molecule has 0 radical (unpaired) electrons. The third-order valence-electron chi connectivity index (χ3n) is 6.47. The molecule has 6 N–H and O–H groups in total. The quantitative estimate of drug-likeness (QED) is 0.0817. The van der Waals surface area contributed by atoms with Gasteiger partial charge in [-0.3, -0.25) is 25.6 Å². The Bertz CT molecular complexity index is 1810. The predicted octanol–water partition coefficient (Wildman–Crippen LogP) is 4.69. The molecule has 0 unspecified atom stereocenters. The summed E-state index contributed by atoms with van der Waals surface area (Å²) in [5.41, 5.74) is 4.17. The first-order chi connectivity index (χ1) is 21.5. The fourth-order valence-corrected chi connectivity index (χ4v) is 5.45. The van der Waals surface area contributed by atoms with Crippen LogP contribution in [0.2, 0.25) is 0 Å². The van der Waals surface area contributed by atoms with E-state index in [9.17, 15) is 27.9 Å². The number of carboxylic acid groups (broad SMARTS) is 2. The summed E-state index contributed by atoms with van der Waals surface area (Å²) in [6, 6.07) is 19.1. The average Bonchev–Trinajstić information content (AvgIpc) is 3.02. The maximum absolute atomic E-state index is 13.2. The first-order valence-electron chi connectivity index (χ1n) is 12.9. The number of aromatic carboxylic acids is 2. The van der Waals surface area contributed by atoms with Crippen LogP contribution in [-0.4, -0.2) is 47.0 Å². The number of carbonyl (C=O) groups is 3. The van der Waals surface area contributed by atoms with Crippen molar-refractivity contribution in [1.82, 2.24) is 0 Å². The average molecular weight is 639 g/mol. The topological polar surface area (TPSA) is 218 Å². The molecule has 15 heteroatoms. The summed E-state index contributed by atoms with van der Waals surface area (Å²) < 4.78 is 26.3. The molecule has 0 saturated heterocycles. The summed E-state index contributed by atoms with van der Waals surface area (Å²) in [7, 11) is -3.94. The smallest absolute Gasteiger partial charge is 0.336 e. The molecule has 234 valence electrons. The number of rotatable bonds is 14. The number of sulfone groups is 1. The van der Waals surface area contributed by atoms with Crippen LogP contribution in [0.25, 0.3) is 0 Å². The standard InChI is InChI=1S/C30H26N2O12S/c33-28(26-12-1-18(15-43-38)13-27(26)30(36)37)31-22-4-8-24(9-5-22)45(40,41)25-10-6-23(7-11-25)32-42-16-20-3-2-19(29(34)35)14-21(20)17-44-39/h1-14,32,38-39H,15-17H2,(H,31,33)(H,34,35)(H,36,37). The minimum Gasteiger partial charge on any atom is -0.478 e. The van der Waals surface area contributed by atoms with E-state index in [1.165, 1.54) is 84.9 Å². The lowest BCUT2D eigenvalue weighted by molar-refractivity contribution is -0.253. The Labute approximate surface area is 255 Å². The second kappa shape index (κ2) is 14.5. The zero-order valence-corrected chi connectivity index (χ0v) is 24.0. The molecule has 0 aliphatic carbocycles. The molecule has 45 heavy (non-hydrogen) atoms. The van der Waals surface area contributed by atoms with Crippen LogP contribution in [0.15, 0.2) is 94.7 Å². The minimum absolute atomic E-state index is 0.0154. The fraction of sp³-hybridized carbons (Fsp3) is 0.100. The first kappa shape index (κ1) is 32.7. The van der Waals surface area contributed by atoms with Gasteiger partial charge in [-0.2, -0.15) is 0 Å². The Morgan fingerprint density at radius 1 is 0.644 bits per heavy atom. The summed E-state index contributed by atoms with van der Waals surface area (Å²) in [4.78, 5) is 49.1. The van der Waals surface area contributed by atoms with Crippen LogP contribution in [0.5, 0.6) is 0 Å². The van der Waals surface area contributed by atoms with Crippen LogP contribution in [0.3, 0.4) is 0 Å². The zero-order chi connectivity index (χ0) is 32.6. The van der Waals surface area contributed by atoms with Crippen molar-refractivity contribution in [2.75, 3.05) is 10.8 Å². The van der Waals surface area contributed by atoms with Crippen molar-refractivity contribution in [2.24, 2.45) is 0 Å². The van der Waals surface area contributed by atoms with Crippen molar-refractivity contribution in [3.63, 3.8) is 0 Å². The van der Waals surface area contributed by atoms with Gasteiger partial charge in [-0.25, -0.2) is 27.8 Å². The van der Waals surface area contributed by atoms with E-state index >= 15 is 0 Å². The first-order valence-corrected chi connectivity index (χ1v) is 14.4. The molecule has 0 aromatic heterocycles. The van der Waals surface area contributed by atoms with Gasteiger partial charge in [0.25, 0.3) is 5.91 Å². The van der Waals surface area contributed by atoms with E-state index in [1.54, 1.807) is 0 Å². The Morgan fingerprint density at radius 2 is 1.27 bits per heavy atom. The molecule has 0 aliphatic rings. The predicted molar refractivity (Wildman–Crippen MR) is 156 cm³/mol. The van der Waals surface area contributed by atoms with Gasteiger partial charge < -0.3 is 15.5 Å². The minimum atomic E-state index is -3.94. The van der Waals surface area contributed by atoms with Crippen LogP contribution in [-0.2, 0) is 44.3 Å². The van der Waals surface area contributed by atoms with Gasteiger partial charge in [0.2, 0.25) is 9.84 Å².